The summed E-state index contributed by atoms with van der Waals surface area (Å²) < 4.78 is 6.33. The minimum atomic E-state index is -0.419. The Morgan fingerprint density at radius 3 is 2.56 bits per heavy atom. The molecule has 0 unspecified atom stereocenters. The van der Waals surface area contributed by atoms with E-state index in [0.717, 1.165) is 5.69 Å². The normalized spacial score (nSPS) is 11.8. The first-order chi connectivity index (χ1) is 11.9. The van der Waals surface area contributed by atoms with Gasteiger partial charge in [-0.2, -0.15) is 10.4 Å². The number of para-hydroxylation sites is 1. The summed E-state index contributed by atoms with van der Waals surface area (Å²) in [6.45, 7) is 5.74. The van der Waals surface area contributed by atoms with Gasteiger partial charge in [-0.15, -0.1) is 10.2 Å². The molecule has 0 aliphatic rings. The third kappa shape index (κ3) is 3.12. The lowest BCUT2D eigenvalue weighted by Crippen LogP contribution is -2.11. The molecule has 25 heavy (non-hydrogen) atoms. The number of rotatable bonds is 3. The number of nitrogens with zero attached hydrogens (tertiary/aromatic N) is 6. The van der Waals surface area contributed by atoms with E-state index >= 15 is 0 Å². The number of azo groups is 1. The van der Waals surface area contributed by atoms with Crippen molar-refractivity contribution in [2.24, 2.45) is 10.2 Å². The number of nitriles is 1. The summed E-state index contributed by atoms with van der Waals surface area (Å²) in [4.78, 5) is 0. The van der Waals surface area contributed by atoms with E-state index in [4.69, 9.17) is 4.52 Å². The molecule has 0 saturated heterocycles. The van der Waals surface area contributed by atoms with Crippen LogP contribution in [0.3, 0.4) is 0 Å². The van der Waals surface area contributed by atoms with E-state index in [9.17, 15) is 10.4 Å². The molecule has 8 heteroatoms. The highest BCUT2D eigenvalue weighted by molar-refractivity contribution is 5.54. The highest BCUT2D eigenvalue weighted by atomic mass is 16.5. The van der Waals surface area contributed by atoms with Crippen molar-refractivity contribution in [2.75, 3.05) is 0 Å². The quantitative estimate of drug-likeness (QED) is 0.722. The Balaban J connectivity index is 2.08. The van der Waals surface area contributed by atoms with Gasteiger partial charge >= 0.3 is 5.95 Å². The third-order valence-electron chi connectivity index (χ3n) is 3.47. The summed E-state index contributed by atoms with van der Waals surface area (Å²) in [5, 5.41) is 35.4. The minimum absolute atomic E-state index is 0.136. The molecule has 1 N–H and O–H groups in total. The monoisotopic (exact) mass is 336 g/mol. The van der Waals surface area contributed by atoms with E-state index < -0.39 is 11.4 Å². The fourth-order valence-corrected chi connectivity index (χ4v) is 2.23. The van der Waals surface area contributed by atoms with E-state index in [0.29, 0.717) is 5.69 Å². The second-order valence-corrected chi connectivity index (χ2v) is 6.38. The Morgan fingerprint density at radius 2 is 1.92 bits per heavy atom. The predicted molar refractivity (Wildman–Crippen MR) is 89.3 cm³/mol. The maximum Gasteiger partial charge on any atom is 0.337 e. The van der Waals surface area contributed by atoms with E-state index in [2.05, 4.69) is 20.5 Å². The van der Waals surface area contributed by atoms with E-state index in [1.54, 1.807) is 0 Å². The van der Waals surface area contributed by atoms with Gasteiger partial charge in [-0.25, -0.2) is 4.68 Å². The summed E-state index contributed by atoms with van der Waals surface area (Å²) in [5.41, 5.74) is 1.22. The number of benzene rings is 1. The molecular formula is C17H16N6O2. The molecule has 8 nitrogen and oxygen atoms in total. The molecule has 3 aromatic rings. The summed E-state index contributed by atoms with van der Waals surface area (Å²) >= 11 is 0. The average Bonchev–Trinajstić information content (AvgIpc) is 3.16. The van der Waals surface area contributed by atoms with Crippen LogP contribution in [0.5, 0.6) is 5.95 Å². The SMILES string of the molecule is CC(C)(C)c1noc(O)c1N=Nc1c(C#N)cnn1-c1ccccc1. The van der Waals surface area contributed by atoms with Crippen molar-refractivity contribution in [1.82, 2.24) is 14.9 Å². The first-order valence-corrected chi connectivity index (χ1v) is 7.56. The molecular weight excluding hydrogens is 320 g/mol. The van der Waals surface area contributed by atoms with Crippen LogP contribution < -0.4 is 0 Å². The summed E-state index contributed by atoms with van der Waals surface area (Å²) in [6.07, 6.45) is 1.42. The van der Waals surface area contributed by atoms with E-state index in [1.165, 1.54) is 10.9 Å². The number of hydrogen-bond acceptors (Lipinski definition) is 7. The highest BCUT2D eigenvalue weighted by Gasteiger charge is 2.26. The van der Waals surface area contributed by atoms with Gasteiger partial charge in [0.05, 0.1) is 11.9 Å². The van der Waals surface area contributed by atoms with Crippen LogP contribution in [0, 0.1) is 11.3 Å². The van der Waals surface area contributed by atoms with Crippen LogP contribution in [0.25, 0.3) is 5.69 Å². The molecule has 1 aromatic carbocycles. The second-order valence-electron chi connectivity index (χ2n) is 6.38. The lowest BCUT2D eigenvalue weighted by atomic mass is 9.91. The molecule has 126 valence electrons. The highest BCUT2D eigenvalue weighted by Crippen LogP contribution is 2.38. The van der Waals surface area contributed by atoms with Crippen LogP contribution in [0.1, 0.15) is 32.0 Å². The first-order valence-electron chi connectivity index (χ1n) is 7.56. The molecule has 0 aliphatic heterocycles. The molecule has 0 saturated carbocycles. The van der Waals surface area contributed by atoms with E-state index in [-0.39, 0.29) is 17.1 Å². The lowest BCUT2D eigenvalue weighted by molar-refractivity contribution is 0.273. The number of aromatic nitrogens is 3. The van der Waals surface area contributed by atoms with Crippen LogP contribution in [-0.4, -0.2) is 20.0 Å². The molecule has 3 rings (SSSR count). The lowest BCUT2D eigenvalue weighted by Gasteiger charge is -2.13. The fraction of sp³-hybridized carbons (Fsp3) is 0.235. The van der Waals surface area contributed by atoms with Crippen LogP contribution >= 0.6 is 0 Å². The van der Waals surface area contributed by atoms with Crippen molar-refractivity contribution in [2.45, 2.75) is 26.2 Å². The zero-order valence-electron chi connectivity index (χ0n) is 14.0. The Kier molecular flexibility index (Phi) is 4.07. The van der Waals surface area contributed by atoms with Crippen LogP contribution in [0.2, 0.25) is 0 Å². The molecule has 0 atom stereocenters. The molecule has 0 fully saturated rings. The predicted octanol–water partition coefficient (Wildman–Crippen LogP) is 4.15. The van der Waals surface area contributed by atoms with Gasteiger partial charge < -0.3 is 9.63 Å². The Bertz CT molecular complexity index is 957. The molecule has 0 aliphatic carbocycles. The van der Waals surface area contributed by atoms with Crippen LogP contribution in [0.4, 0.5) is 11.5 Å². The summed E-state index contributed by atoms with van der Waals surface area (Å²) in [6, 6.07) is 11.3. The van der Waals surface area contributed by atoms with Crippen LogP contribution in [-0.2, 0) is 5.41 Å². The van der Waals surface area contributed by atoms with Gasteiger partial charge in [-0.05, 0) is 12.1 Å². The van der Waals surface area contributed by atoms with Crippen molar-refractivity contribution in [1.29, 1.82) is 5.26 Å². The van der Waals surface area contributed by atoms with Gasteiger partial charge in [-0.1, -0.05) is 44.1 Å². The molecule has 0 amide bonds. The summed E-state index contributed by atoms with van der Waals surface area (Å²) in [5.74, 6) is -0.160. The zero-order valence-corrected chi connectivity index (χ0v) is 14.0. The second kappa shape index (κ2) is 6.20. The zero-order chi connectivity index (χ0) is 18.0. The Morgan fingerprint density at radius 1 is 1.20 bits per heavy atom. The van der Waals surface area contributed by atoms with Gasteiger partial charge in [-0.3, -0.25) is 0 Å². The summed E-state index contributed by atoms with van der Waals surface area (Å²) in [7, 11) is 0. The number of aromatic hydroxyl groups is 1. The molecule has 2 aromatic heterocycles. The van der Waals surface area contributed by atoms with E-state index in [1.807, 2.05) is 57.2 Å². The third-order valence-corrected chi connectivity index (χ3v) is 3.47. The Labute approximate surface area is 144 Å². The maximum absolute atomic E-state index is 9.87. The first kappa shape index (κ1) is 16.4. The molecule has 0 bridgehead atoms. The van der Waals surface area contributed by atoms with Crippen molar-refractivity contribution >= 4 is 11.5 Å². The largest absolute Gasteiger partial charge is 0.478 e. The fourth-order valence-electron chi connectivity index (χ4n) is 2.23. The van der Waals surface area contributed by atoms with Gasteiger partial charge in [0.1, 0.15) is 17.3 Å². The Hall–Kier alpha value is -3.47. The average molecular weight is 336 g/mol. The van der Waals surface area contributed by atoms with Gasteiger partial charge in [0.2, 0.25) is 0 Å². The smallest absolute Gasteiger partial charge is 0.337 e. The maximum atomic E-state index is 9.87. The van der Waals surface area contributed by atoms with Crippen molar-refractivity contribution < 1.29 is 9.63 Å². The van der Waals surface area contributed by atoms with Gasteiger partial charge in [0.15, 0.2) is 11.5 Å². The van der Waals surface area contributed by atoms with Gasteiger partial charge in [0.25, 0.3) is 0 Å². The molecule has 0 spiro atoms. The van der Waals surface area contributed by atoms with Crippen LogP contribution in [0.15, 0.2) is 51.3 Å². The van der Waals surface area contributed by atoms with Crippen molar-refractivity contribution in [3.63, 3.8) is 0 Å². The molecule has 2 heterocycles. The standard InChI is InChI=1S/C17H16N6O2/c1-17(2,3)14-13(16(24)25-22-14)20-21-15-11(9-18)10-19-23(15)12-7-5-4-6-8-12/h4-8,10,24H,1-3H3. The van der Waals surface area contributed by atoms with Crippen molar-refractivity contribution in [3.8, 4) is 17.7 Å². The van der Waals surface area contributed by atoms with Gasteiger partial charge in [0, 0.05) is 5.41 Å². The topological polar surface area (TPSA) is 113 Å². The van der Waals surface area contributed by atoms with Crippen molar-refractivity contribution in [3.05, 3.63) is 47.8 Å². The molecule has 0 radical (unpaired) electrons. The minimum Gasteiger partial charge on any atom is -0.478 e. The number of hydrogen-bond donors (Lipinski definition) is 1.